The van der Waals surface area contributed by atoms with Crippen molar-refractivity contribution in [1.29, 1.82) is 0 Å². The third kappa shape index (κ3) is 4.41. The minimum Gasteiger partial charge on any atom is -0.493 e. The zero-order valence-electron chi connectivity index (χ0n) is 21.1. The summed E-state index contributed by atoms with van der Waals surface area (Å²) < 4.78 is 6.17. The molecule has 1 N–H and O–H groups in total. The largest absolute Gasteiger partial charge is 0.493 e. The number of nitrogens with zero attached hydrogens (tertiary/aromatic N) is 1. The first-order valence-corrected chi connectivity index (χ1v) is 12.6. The van der Waals surface area contributed by atoms with E-state index in [4.69, 9.17) is 4.74 Å². The number of ketones is 1. The van der Waals surface area contributed by atoms with Crippen molar-refractivity contribution in [3.05, 3.63) is 101 Å². The number of rotatable bonds is 5. The molecular formula is C31H32N2O3. The Morgan fingerprint density at radius 3 is 2.44 bits per heavy atom. The highest BCUT2D eigenvalue weighted by molar-refractivity contribution is 6.12. The number of hydrogen-bond acceptors (Lipinski definition) is 4. The number of para-hydroxylation sites is 3. The van der Waals surface area contributed by atoms with Crippen molar-refractivity contribution in [2.45, 2.75) is 46.1 Å². The Labute approximate surface area is 212 Å². The summed E-state index contributed by atoms with van der Waals surface area (Å²) in [5.74, 6) is 0.591. The maximum atomic E-state index is 14.3. The van der Waals surface area contributed by atoms with Crippen LogP contribution in [-0.4, -0.2) is 18.3 Å². The summed E-state index contributed by atoms with van der Waals surface area (Å²) in [7, 11) is 0. The molecule has 0 aromatic heterocycles. The van der Waals surface area contributed by atoms with E-state index in [2.05, 4.69) is 26.1 Å². The molecule has 1 aliphatic heterocycles. The molecule has 2 aliphatic rings. The van der Waals surface area contributed by atoms with E-state index < -0.39 is 6.04 Å². The van der Waals surface area contributed by atoms with E-state index in [-0.39, 0.29) is 17.1 Å². The number of amides is 1. The highest BCUT2D eigenvalue weighted by Gasteiger charge is 2.44. The molecule has 5 heteroatoms. The lowest BCUT2D eigenvalue weighted by atomic mass is 9.73. The second kappa shape index (κ2) is 9.65. The summed E-state index contributed by atoms with van der Waals surface area (Å²) in [5.41, 5.74) is 4.27. The van der Waals surface area contributed by atoms with Gasteiger partial charge >= 0.3 is 0 Å². The van der Waals surface area contributed by atoms with Gasteiger partial charge < -0.3 is 10.1 Å². The summed E-state index contributed by atoms with van der Waals surface area (Å²) in [6, 6.07) is 24.2. The molecule has 184 valence electrons. The molecule has 1 heterocycles. The van der Waals surface area contributed by atoms with Gasteiger partial charge in [-0.2, -0.15) is 0 Å². The van der Waals surface area contributed by atoms with Crippen molar-refractivity contribution in [2.75, 3.05) is 16.8 Å². The van der Waals surface area contributed by atoms with E-state index in [9.17, 15) is 9.59 Å². The number of carbonyl (C=O) groups excluding carboxylic acids is 2. The molecule has 0 bridgehead atoms. The molecule has 0 fully saturated rings. The van der Waals surface area contributed by atoms with Gasteiger partial charge in [0, 0.05) is 28.8 Å². The van der Waals surface area contributed by atoms with Gasteiger partial charge in [-0.15, -0.1) is 0 Å². The lowest BCUT2D eigenvalue weighted by Crippen LogP contribution is -2.39. The SMILES string of the molecule is CCCOc1ccccc1[C@H]1C2=C(CC(C)(C)CC2=O)Nc2ccccc2N1C(=O)c1ccccc1. The molecule has 3 aromatic rings. The Bertz CT molecular complexity index is 1330. The highest BCUT2D eigenvalue weighted by atomic mass is 16.5. The average molecular weight is 481 g/mol. The third-order valence-electron chi connectivity index (χ3n) is 6.82. The Balaban J connectivity index is 1.80. The van der Waals surface area contributed by atoms with Gasteiger partial charge in [-0.3, -0.25) is 14.5 Å². The molecule has 0 radical (unpaired) electrons. The molecule has 0 saturated carbocycles. The van der Waals surface area contributed by atoms with Crippen LogP contribution in [0, 0.1) is 5.41 Å². The van der Waals surface area contributed by atoms with Crippen molar-refractivity contribution >= 4 is 23.1 Å². The maximum absolute atomic E-state index is 14.3. The van der Waals surface area contributed by atoms with E-state index in [1.165, 1.54) is 0 Å². The number of carbonyl (C=O) groups is 2. The van der Waals surface area contributed by atoms with Gasteiger partial charge in [0.15, 0.2) is 5.78 Å². The monoisotopic (exact) mass is 480 g/mol. The standard InChI is InChI=1S/C31H32N2O3/c1-4-18-36-27-17-11-8-14-22(27)29-28-24(19-31(2,3)20-26(28)34)32-23-15-9-10-16-25(23)33(29)30(35)21-12-6-5-7-13-21/h5-17,29,32H,4,18-20H2,1-3H3/t29-/m0/s1. The number of hydrogen-bond donors (Lipinski definition) is 1. The van der Waals surface area contributed by atoms with Crippen LogP contribution in [0.1, 0.15) is 62.0 Å². The van der Waals surface area contributed by atoms with Crippen molar-refractivity contribution in [2.24, 2.45) is 5.41 Å². The summed E-state index contributed by atoms with van der Waals surface area (Å²) in [5, 5.41) is 3.57. The number of anilines is 2. The molecule has 3 aromatic carbocycles. The van der Waals surface area contributed by atoms with Crippen molar-refractivity contribution in [1.82, 2.24) is 0 Å². The van der Waals surface area contributed by atoms with Gasteiger partial charge in [-0.25, -0.2) is 0 Å². The van der Waals surface area contributed by atoms with Crippen LogP contribution >= 0.6 is 0 Å². The number of Topliss-reactive ketones (excluding diaryl/α,β-unsaturated/α-hetero) is 1. The number of allylic oxidation sites excluding steroid dienone is 1. The molecule has 36 heavy (non-hydrogen) atoms. The third-order valence-corrected chi connectivity index (χ3v) is 6.82. The fourth-order valence-electron chi connectivity index (χ4n) is 5.27. The summed E-state index contributed by atoms with van der Waals surface area (Å²) in [4.78, 5) is 29.9. The average Bonchev–Trinajstić information content (AvgIpc) is 3.01. The number of benzene rings is 3. The fraction of sp³-hybridized carbons (Fsp3) is 0.290. The van der Waals surface area contributed by atoms with Crippen LogP contribution in [0.2, 0.25) is 0 Å². The molecule has 1 amide bonds. The van der Waals surface area contributed by atoms with E-state index in [1.54, 1.807) is 4.90 Å². The minimum absolute atomic E-state index is 0.0581. The van der Waals surface area contributed by atoms with E-state index in [0.29, 0.717) is 36.3 Å². The Hall–Kier alpha value is -3.86. The van der Waals surface area contributed by atoms with Crippen molar-refractivity contribution < 1.29 is 14.3 Å². The molecule has 0 unspecified atom stereocenters. The molecule has 1 atom stereocenters. The number of nitrogens with one attached hydrogen (secondary N) is 1. The van der Waals surface area contributed by atoms with Crippen LogP contribution in [0.25, 0.3) is 0 Å². The predicted octanol–water partition coefficient (Wildman–Crippen LogP) is 6.93. The summed E-state index contributed by atoms with van der Waals surface area (Å²) in [6.45, 7) is 6.85. The first-order valence-electron chi connectivity index (χ1n) is 12.6. The smallest absolute Gasteiger partial charge is 0.259 e. The highest BCUT2D eigenvalue weighted by Crippen LogP contribution is 2.50. The van der Waals surface area contributed by atoms with Gasteiger partial charge in [-0.1, -0.05) is 69.3 Å². The van der Waals surface area contributed by atoms with E-state index in [1.807, 2.05) is 78.9 Å². The van der Waals surface area contributed by atoms with Gasteiger partial charge in [-0.05, 0) is 48.6 Å². The van der Waals surface area contributed by atoms with Crippen LogP contribution in [0.15, 0.2) is 90.1 Å². The fourth-order valence-corrected chi connectivity index (χ4v) is 5.27. The Kier molecular flexibility index (Phi) is 6.40. The van der Waals surface area contributed by atoms with Gasteiger partial charge in [0.25, 0.3) is 5.91 Å². The van der Waals surface area contributed by atoms with Crippen LogP contribution in [0.5, 0.6) is 5.75 Å². The predicted molar refractivity (Wildman–Crippen MR) is 143 cm³/mol. The molecular weight excluding hydrogens is 448 g/mol. The van der Waals surface area contributed by atoms with Crippen molar-refractivity contribution in [3.63, 3.8) is 0 Å². The Morgan fingerprint density at radius 2 is 1.67 bits per heavy atom. The second-order valence-corrected chi connectivity index (χ2v) is 10.3. The second-order valence-electron chi connectivity index (χ2n) is 10.3. The van der Waals surface area contributed by atoms with Gasteiger partial charge in [0.1, 0.15) is 5.75 Å². The summed E-state index contributed by atoms with van der Waals surface area (Å²) >= 11 is 0. The maximum Gasteiger partial charge on any atom is 0.259 e. The van der Waals surface area contributed by atoms with E-state index in [0.717, 1.165) is 29.1 Å². The first kappa shape index (κ1) is 23.9. The number of fused-ring (bicyclic) bond motifs is 1. The molecule has 5 nitrogen and oxygen atoms in total. The minimum atomic E-state index is -0.625. The van der Waals surface area contributed by atoms with Gasteiger partial charge in [0.2, 0.25) is 0 Å². The lowest BCUT2D eigenvalue weighted by Gasteiger charge is -2.37. The van der Waals surface area contributed by atoms with Crippen LogP contribution in [-0.2, 0) is 4.79 Å². The van der Waals surface area contributed by atoms with E-state index >= 15 is 0 Å². The molecule has 0 saturated heterocycles. The number of ether oxygens (including phenoxy) is 1. The lowest BCUT2D eigenvalue weighted by molar-refractivity contribution is -0.118. The van der Waals surface area contributed by atoms with Crippen molar-refractivity contribution in [3.8, 4) is 5.75 Å². The Morgan fingerprint density at radius 1 is 0.972 bits per heavy atom. The first-order chi connectivity index (χ1) is 17.4. The zero-order valence-corrected chi connectivity index (χ0v) is 21.1. The quantitative estimate of drug-likeness (QED) is 0.430. The topological polar surface area (TPSA) is 58.6 Å². The molecule has 5 rings (SSSR count). The van der Waals surface area contributed by atoms with Crippen LogP contribution in [0.4, 0.5) is 11.4 Å². The summed E-state index contributed by atoms with van der Waals surface area (Å²) in [6.07, 6.45) is 1.99. The molecule has 1 aliphatic carbocycles. The van der Waals surface area contributed by atoms with Crippen LogP contribution in [0.3, 0.4) is 0 Å². The van der Waals surface area contributed by atoms with Gasteiger partial charge in [0.05, 0.1) is 24.0 Å². The zero-order chi connectivity index (χ0) is 25.3. The van der Waals surface area contributed by atoms with Crippen LogP contribution < -0.4 is 15.0 Å². The molecule has 0 spiro atoms. The normalized spacial score (nSPS) is 18.6.